The molecular formula is C14H18ClNO4. The fraction of sp³-hybridized carbons (Fsp3) is 0.500. The zero-order valence-electron chi connectivity index (χ0n) is 11.8. The van der Waals surface area contributed by atoms with Crippen LogP contribution in [0.25, 0.3) is 0 Å². The number of likely N-dealkylation sites (tertiary alicyclic amines) is 1. The van der Waals surface area contributed by atoms with Gasteiger partial charge in [-0.25, -0.2) is 0 Å². The predicted molar refractivity (Wildman–Crippen MR) is 75.7 cm³/mol. The van der Waals surface area contributed by atoms with E-state index in [1.807, 2.05) is 0 Å². The molecule has 1 N–H and O–H groups in total. The minimum atomic E-state index is -0.823. The summed E-state index contributed by atoms with van der Waals surface area (Å²) < 4.78 is 10.3. The molecule has 1 amide bonds. The molecule has 1 aliphatic heterocycles. The van der Waals surface area contributed by atoms with Crippen LogP contribution in [0.1, 0.15) is 23.7 Å². The summed E-state index contributed by atoms with van der Waals surface area (Å²) in [6.07, 6.45) is 0.569. The molecule has 0 radical (unpaired) electrons. The first-order valence-corrected chi connectivity index (χ1v) is 6.69. The molecule has 1 aromatic carbocycles. The number of ether oxygens (including phenoxy) is 2. The van der Waals surface area contributed by atoms with Gasteiger partial charge in [-0.15, -0.1) is 0 Å². The minimum Gasteiger partial charge on any atom is -0.493 e. The van der Waals surface area contributed by atoms with Gasteiger partial charge in [0.15, 0.2) is 11.5 Å². The quantitative estimate of drug-likeness (QED) is 0.927. The van der Waals surface area contributed by atoms with Crippen molar-refractivity contribution in [1.82, 2.24) is 4.90 Å². The molecule has 1 heterocycles. The van der Waals surface area contributed by atoms with E-state index < -0.39 is 5.60 Å². The van der Waals surface area contributed by atoms with Crippen LogP contribution in [-0.2, 0) is 0 Å². The van der Waals surface area contributed by atoms with Gasteiger partial charge in [-0.2, -0.15) is 0 Å². The average molecular weight is 300 g/mol. The van der Waals surface area contributed by atoms with Crippen LogP contribution in [0, 0.1) is 0 Å². The number of methoxy groups -OCH3 is 2. The lowest BCUT2D eigenvalue weighted by atomic mass is 10.1. The average Bonchev–Trinajstić information content (AvgIpc) is 2.77. The Morgan fingerprint density at radius 2 is 2.10 bits per heavy atom. The number of carbonyl (C=O) groups is 1. The maximum atomic E-state index is 12.4. The minimum absolute atomic E-state index is 0.175. The smallest absolute Gasteiger partial charge is 0.254 e. The van der Waals surface area contributed by atoms with Crippen molar-refractivity contribution in [1.29, 1.82) is 0 Å². The van der Waals surface area contributed by atoms with Crippen LogP contribution in [0.15, 0.2) is 12.1 Å². The Morgan fingerprint density at radius 3 is 2.60 bits per heavy atom. The predicted octanol–water partition coefficient (Wildman–Crippen LogP) is 1.95. The third kappa shape index (κ3) is 2.83. The highest BCUT2D eigenvalue weighted by Gasteiger charge is 2.34. The van der Waals surface area contributed by atoms with Gasteiger partial charge in [-0.05, 0) is 25.5 Å². The highest BCUT2D eigenvalue weighted by molar-refractivity contribution is 6.32. The van der Waals surface area contributed by atoms with Crippen LogP contribution in [0.3, 0.4) is 0 Å². The number of halogens is 1. The summed E-state index contributed by atoms with van der Waals surface area (Å²) in [5.74, 6) is 0.638. The Hall–Kier alpha value is -1.46. The zero-order chi connectivity index (χ0) is 14.9. The van der Waals surface area contributed by atoms with Gasteiger partial charge in [0.25, 0.3) is 5.91 Å². The van der Waals surface area contributed by atoms with Crippen LogP contribution in [0.5, 0.6) is 11.5 Å². The molecule has 110 valence electrons. The number of hydrogen-bond acceptors (Lipinski definition) is 4. The first kappa shape index (κ1) is 14.9. The van der Waals surface area contributed by atoms with Crippen molar-refractivity contribution in [3.05, 3.63) is 22.7 Å². The third-order valence-electron chi connectivity index (χ3n) is 3.42. The molecule has 1 unspecified atom stereocenters. The van der Waals surface area contributed by atoms with Crippen molar-refractivity contribution < 1.29 is 19.4 Å². The number of carbonyl (C=O) groups excluding carboxylic acids is 1. The molecule has 0 aromatic heterocycles. The Bertz CT molecular complexity index is 530. The molecule has 1 aromatic rings. The number of aliphatic hydroxyl groups is 1. The topological polar surface area (TPSA) is 59.0 Å². The van der Waals surface area contributed by atoms with E-state index in [4.69, 9.17) is 21.1 Å². The summed E-state index contributed by atoms with van der Waals surface area (Å²) in [7, 11) is 2.98. The monoisotopic (exact) mass is 299 g/mol. The van der Waals surface area contributed by atoms with Crippen molar-refractivity contribution in [2.75, 3.05) is 27.3 Å². The second-order valence-electron chi connectivity index (χ2n) is 5.17. The lowest BCUT2D eigenvalue weighted by molar-refractivity contribution is 0.0572. The van der Waals surface area contributed by atoms with Gasteiger partial charge in [0.05, 0.1) is 24.8 Å². The molecule has 0 saturated carbocycles. The van der Waals surface area contributed by atoms with Gasteiger partial charge in [-0.3, -0.25) is 4.79 Å². The van der Waals surface area contributed by atoms with Gasteiger partial charge in [0.2, 0.25) is 0 Å². The first-order chi connectivity index (χ1) is 9.38. The van der Waals surface area contributed by atoms with Crippen LogP contribution >= 0.6 is 11.6 Å². The van der Waals surface area contributed by atoms with Crippen molar-refractivity contribution in [2.45, 2.75) is 18.9 Å². The third-order valence-corrected chi connectivity index (χ3v) is 3.70. The lowest BCUT2D eigenvalue weighted by Gasteiger charge is -2.20. The SMILES string of the molecule is COc1cc(C(=O)N2CCC(C)(O)C2)cc(Cl)c1OC. The maximum absolute atomic E-state index is 12.4. The molecule has 5 nitrogen and oxygen atoms in total. The highest BCUT2D eigenvalue weighted by atomic mass is 35.5. The molecule has 20 heavy (non-hydrogen) atoms. The summed E-state index contributed by atoms with van der Waals surface area (Å²) in [5, 5.41) is 10.3. The van der Waals surface area contributed by atoms with Crippen molar-refractivity contribution in [2.24, 2.45) is 0 Å². The van der Waals surface area contributed by atoms with Crippen LogP contribution in [0.4, 0.5) is 0 Å². The number of amides is 1. The molecule has 1 fully saturated rings. The van der Waals surface area contributed by atoms with E-state index in [1.54, 1.807) is 24.0 Å². The summed E-state index contributed by atoms with van der Waals surface area (Å²) >= 11 is 6.10. The van der Waals surface area contributed by atoms with Gasteiger partial charge >= 0.3 is 0 Å². The van der Waals surface area contributed by atoms with Crippen LogP contribution in [0.2, 0.25) is 5.02 Å². The molecule has 2 rings (SSSR count). The van der Waals surface area contributed by atoms with Crippen molar-refractivity contribution >= 4 is 17.5 Å². The lowest BCUT2D eigenvalue weighted by Crippen LogP contribution is -2.33. The van der Waals surface area contributed by atoms with E-state index in [0.29, 0.717) is 41.6 Å². The van der Waals surface area contributed by atoms with Crippen molar-refractivity contribution in [3.63, 3.8) is 0 Å². The Kier molecular flexibility index (Phi) is 4.11. The number of β-amino-alcohol motifs (C(OH)–C–C–N with tert-alkyl or cyclic N) is 1. The normalized spacial score (nSPS) is 21.9. The molecule has 1 aliphatic rings. The second kappa shape index (κ2) is 5.50. The number of rotatable bonds is 3. The van der Waals surface area contributed by atoms with E-state index in [9.17, 15) is 9.90 Å². The summed E-state index contributed by atoms with van der Waals surface area (Å²) in [6, 6.07) is 3.15. The maximum Gasteiger partial charge on any atom is 0.254 e. The summed E-state index contributed by atoms with van der Waals surface area (Å²) in [6.45, 7) is 2.57. The van der Waals surface area contributed by atoms with E-state index in [1.165, 1.54) is 14.2 Å². The van der Waals surface area contributed by atoms with E-state index in [2.05, 4.69) is 0 Å². The Morgan fingerprint density at radius 1 is 1.40 bits per heavy atom. The molecule has 0 bridgehead atoms. The first-order valence-electron chi connectivity index (χ1n) is 6.31. The van der Waals surface area contributed by atoms with E-state index >= 15 is 0 Å². The molecule has 1 saturated heterocycles. The van der Waals surface area contributed by atoms with Crippen molar-refractivity contribution in [3.8, 4) is 11.5 Å². The van der Waals surface area contributed by atoms with E-state index in [0.717, 1.165) is 0 Å². The molecule has 0 aliphatic carbocycles. The van der Waals surface area contributed by atoms with Gasteiger partial charge in [-0.1, -0.05) is 11.6 Å². The molecule has 6 heteroatoms. The molecular weight excluding hydrogens is 282 g/mol. The number of benzene rings is 1. The Balaban J connectivity index is 2.29. The van der Waals surface area contributed by atoms with Crippen LogP contribution < -0.4 is 9.47 Å². The molecule has 0 spiro atoms. The Labute approximate surface area is 123 Å². The number of hydrogen-bond donors (Lipinski definition) is 1. The van der Waals surface area contributed by atoms with E-state index in [-0.39, 0.29) is 5.91 Å². The summed E-state index contributed by atoms with van der Waals surface area (Å²) in [4.78, 5) is 14.0. The highest BCUT2D eigenvalue weighted by Crippen LogP contribution is 2.36. The molecule has 1 atom stereocenters. The standard InChI is InChI=1S/C14H18ClNO4/c1-14(18)4-5-16(8-14)13(17)9-6-10(15)12(20-3)11(7-9)19-2/h6-7,18H,4-5,8H2,1-3H3. The van der Waals surface area contributed by atoms with Gasteiger partial charge < -0.3 is 19.5 Å². The summed E-state index contributed by atoms with van der Waals surface area (Å²) in [5.41, 5.74) is -0.402. The largest absolute Gasteiger partial charge is 0.493 e. The fourth-order valence-corrected chi connectivity index (χ4v) is 2.63. The number of nitrogens with zero attached hydrogens (tertiary/aromatic N) is 1. The van der Waals surface area contributed by atoms with Crippen LogP contribution in [-0.4, -0.2) is 48.8 Å². The van der Waals surface area contributed by atoms with Gasteiger partial charge in [0, 0.05) is 18.7 Å². The zero-order valence-corrected chi connectivity index (χ0v) is 12.5. The second-order valence-corrected chi connectivity index (χ2v) is 5.57. The van der Waals surface area contributed by atoms with Gasteiger partial charge in [0.1, 0.15) is 0 Å². The fourth-order valence-electron chi connectivity index (χ4n) is 2.34.